The van der Waals surface area contributed by atoms with Gasteiger partial charge in [-0.2, -0.15) is 0 Å². The minimum atomic E-state index is 0.339. The van der Waals surface area contributed by atoms with Crippen LogP contribution in [0.3, 0.4) is 0 Å². The molecule has 0 saturated heterocycles. The van der Waals surface area contributed by atoms with Crippen LogP contribution in [0, 0.1) is 0 Å². The smallest absolute Gasteiger partial charge is 0.208 e. The molecule has 62 valence electrons. The van der Waals surface area contributed by atoms with Gasteiger partial charge in [0.1, 0.15) is 12.4 Å². The summed E-state index contributed by atoms with van der Waals surface area (Å²) in [5, 5.41) is 0. The molecule has 0 bridgehead atoms. The average Bonchev–Trinajstić information content (AvgIpc) is 2.48. The number of aromatic nitrogens is 1. The van der Waals surface area contributed by atoms with Crippen molar-refractivity contribution in [1.82, 2.24) is 4.98 Å². The molecule has 0 aliphatic rings. The molecule has 11 heavy (non-hydrogen) atoms. The van der Waals surface area contributed by atoms with Gasteiger partial charge in [0, 0.05) is 6.61 Å². The van der Waals surface area contributed by atoms with Crippen molar-refractivity contribution in [3.63, 3.8) is 0 Å². The van der Waals surface area contributed by atoms with E-state index in [1.54, 1.807) is 6.20 Å². The Hall–Kier alpha value is -0.870. The van der Waals surface area contributed by atoms with Gasteiger partial charge in [-0.25, -0.2) is 4.98 Å². The van der Waals surface area contributed by atoms with E-state index in [0.29, 0.717) is 25.6 Å². The number of oxazole rings is 1. The lowest BCUT2D eigenvalue weighted by atomic mass is 10.5. The van der Waals surface area contributed by atoms with Crippen molar-refractivity contribution in [2.24, 2.45) is 5.73 Å². The number of ether oxygens (including phenoxy) is 1. The molecule has 0 radical (unpaired) electrons. The molecule has 4 heteroatoms. The molecule has 1 rings (SSSR count). The molecule has 0 aromatic carbocycles. The van der Waals surface area contributed by atoms with Crippen LogP contribution in [0.5, 0.6) is 0 Å². The molecule has 0 amide bonds. The van der Waals surface area contributed by atoms with E-state index in [9.17, 15) is 0 Å². The molecular weight excluding hydrogens is 144 g/mol. The first kappa shape index (κ1) is 8.23. The van der Waals surface area contributed by atoms with E-state index in [1.165, 1.54) is 0 Å². The Morgan fingerprint density at radius 3 is 3.09 bits per heavy atom. The van der Waals surface area contributed by atoms with E-state index in [2.05, 4.69) is 4.98 Å². The predicted octanol–water partition coefficient (Wildman–Crippen LogP) is 0.670. The maximum atomic E-state index is 5.29. The Labute approximate surface area is 65.4 Å². The van der Waals surface area contributed by atoms with Gasteiger partial charge >= 0.3 is 0 Å². The lowest BCUT2D eigenvalue weighted by molar-refractivity contribution is 0.117. The molecule has 0 aliphatic carbocycles. The van der Waals surface area contributed by atoms with Gasteiger partial charge in [0.05, 0.1) is 12.7 Å². The second kappa shape index (κ2) is 4.10. The third kappa shape index (κ3) is 2.32. The summed E-state index contributed by atoms with van der Waals surface area (Å²) >= 11 is 0. The van der Waals surface area contributed by atoms with Gasteiger partial charge in [0.15, 0.2) is 0 Å². The van der Waals surface area contributed by atoms with E-state index in [-0.39, 0.29) is 0 Å². The van der Waals surface area contributed by atoms with Crippen molar-refractivity contribution in [3.05, 3.63) is 17.8 Å². The van der Waals surface area contributed by atoms with E-state index in [0.717, 1.165) is 5.76 Å². The summed E-state index contributed by atoms with van der Waals surface area (Å²) in [5.41, 5.74) is 5.29. The first-order valence-electron chi connectivity index (χ1n) is 3.58. The van der Waals surface area contributed by atoms with Crippen LogP contribution in [0.15, 0.2) is 10.6 Å². The SMILES string of the molecule is CCOCc1cnc(CN)o1. The summed E-state index contributed by atoms with van der Waals surface area (Å²) in [6.07, 6.45) is 1.64. The number of hydrogen-bond acceptors (Lipinski definition) is 4. The molecule has 1 aromatic heterocycles. The van der Waals surface area contributed by atoms with Crippen molar-refractivity contribution in [3.8, 4) is 0 Å². The molecule has 2 N–H and O–H groups in total. The molecule has 4 nitrogen and oxygen atoms in total. The molecular formula is C7H12N2O2. The maximum Gasteiger partial charge on any atom is 0.208 e. The highest BCUT2D eigenvalue weighted by molar-refractivity contribution is 4.91. The van der Waals surface area contributed by atoms with E-state index >= 15 is 0 Å². The maximum absolute atomic E-state index is 5.29. The van der Waals surface area contributed by atoms with E-state index in [1.807, 2.05) is 6.92 Å². The van der Waals surface area contributed by atoms with E-state index in [4.69, 9.17) is 14.9 Å². The standard InChI is InChI=1S/C7H12N2O2/c1-2-10-5-6-4-9-7(3-8)11-6/h4H,2-3,5,8H2,1H3. The monoisotopic (exact) mass is 156 g/mol. The van der Waals surface area contributed by atoms with Crippen LogP contribution in [-0.2, 0) is 17.9 Å². The highest BCUT2D eigenvalue weighted by Gasteiger charge is 2.00. The van der Waals surface area contributed by atoms with Crippen molar-refractivity contribution in [2.45, 2.75) is 20.1 Å². The number of rotatable bonds is 4. The second-order valence-electron chi connectivity index (χ2n) is 2.06. The normalized spacial score (nSPS) is 10.4. The highest BCUT2D eigenvalue weighted by Crippen LogP contribution is 2.03. The third-order valence-corrected chi connectivity index (χ3v) is 1.22. The van der Waals surface area contributed by atoms with Crippen LogP contribution >= 0.6 is 0 Å². The molecule has 0 spiro atoms. The van der Waals surface area contributed by atoms with Gasteiger partial charge in [0.2, 0.25) is 5.89 Å². The number of nitrogens with zero attached hydrogens (tertiary/aromatic N) is 1. The summed E-state index contributed by atoms with van der Waals surface area (Å²) in [6.45, 7) is 3.43. The zero-order valence-corrected chi connectivity index (χ0v) is 6.54. The van der Waals surface area contributed by atoms with Crippen molar-refractivity contribution < 1.29 is 9.15 Å². The Morgan fingerprint density at radius 2 is 2.55 bits per heavy atom. The fraction of sp³-hybridized carbons (Fsp3) is 0.571. The van der Waals surface area contributed by atoms with Gasteiger partial charge < -0.3 is 14.9 Å². The largest absolute Gasteiger partial charge is 0.442 e. The fourth-order valence-corrected chi connectivity index (χ4v) is 0.712. The third-order valence-electron chi connectivity index (χ3n) is 1.22. The van der Waals surface area contributed by atoms with Crippen molar-refractivity contribution in [2.75, 3.05) is 6.61 Å². The minimum Gasteiger partial charge on any atom is -0.442 e. The van der Waals surface area contributed by atoms with Crippen molar-refractivity contribution in [1.29, 1.82) is 0 Å². The molecule has 0 unspecified atom stereocenters. The summed E-state index contributed by atoms with van der Waals surface area (Å²) in [7, 11) is 0. The summed E-state index contributed by atoms with van der Waals surface area (Å²) in [5.74, 6) is 1.28. The Bertz CT molecular complexity index is 210. The fourth-order valence-electron chi connectivity index (χ4n) is 0.712. The quantitative estimate of drug-likeness (QED) is 0.696. The zero-order chi connectivity index (χ0) is 8.10. The second-order valence-corrected chi connectivity index (χ2v) is 2.06. The molecule has 0 saturated carbocycles. The lowest BCUT2D eigenvalue weighted by Gasteiger charge is -1.94. The molecule has 0 aliphatic heterocycles. The van der Waals surface area contributed by atoms with Crippen LogP contribution in [0.25, 0.3) is 0 Å². The average molecular weight is 156 g/mol. The summed E-state index contributed by atoms with van der Waals surface area (Å²) in [4.78, 5) is 3.92. The summed E-state index contributed by atoms with van der Waals surface area (Å²) < 4.78 is 10.3. The first-order chi connectivity index (χ1) is 5.36. The molecule has 1 heterocycles. The molecule has 0 fully saturated rings. The minimum absolute atomic E-state index is 0.339. The van der Waals surface area contributed by atoms with Gasteiger partial charge in [0.25, 0.3) is 0 Å². The van der Waals surface area contributed by atoms with Gasteiger partial charge in [-0.15, -0.1) is 0 Å². The van der Waals surface area contributed by atoms with Gasteiger partial charge in [-0.05, 0) is 6.92 Å². The van der Waals surface area contributed by atoms with Crippen LogP contribution in [-0.4, -0.2) is 11.6 Å². The number of nitrogens with two attached hydrogens (primary N) is 1. The van der Waals surface area contributed by atoms with Crippen LogP contribution < -0.4 is 5.73 Å². The predicted molar refractivity (Wildman–Crippen MR) is 39.7 cm³/mol. The van der Waals surface area contributed by atoms with Crippen LogP contribution in [0.1, 0.15) is 18.6 Å². The van der Waals surface area contributed by atoms with E-state index < -0.39 is 0 Å². The zero-order valence-electron chi connectivity index (χ0n) is 6.54. The molecule has 1 aromatic rings. The highest BCUT2D eigenvalue weighted by atomic mass is 16.5. The van der Waals surface area contributed by atoms with Gasteiger partial charge in [-0.3, -0.25) is 0 Å². The lowest BCUT2D eigenvalue weighted by Crippen LogP contribution is -1.95. The number of hydrogen-bond donors (Lipinski definition) is 1. The Balaban J connectivity index is 2.44. The Kier molecular flexibility index (Phi) is 3.07. The topological polar surface area (TPSA) is 61.3 Å². The van der Waals surface area contributed by atoms with Crippen LogP contribution in [0.2, 0.25) is 0 Å². The van der Waals surface area contributed by atoms with Crippen molar-refractivity contribution >= 4 is 0 Å². The summed E-state index contributed by atoms with van der Waals surface area (Å²) in [6, 6.07) is 0. The first-order valence-corrected chi connectivity index (χ1v) is 3.58. The van der Waals surface area contributed by atoms with Crippen LogP contribution in [0.4, 0.5) is 0 Å². The Morgan fingerprint density at radius 1 is 1.73 bits per heavy atom. The molecule has 0 atom stereocenters. The van der Waals surface area contributed by atoms with Gasteiger partial charge in [-0.1, -0.05) is 0 Å².